The van der Waals surface area contributed by atoms with E-state index in [1.54, 1.807) is 0 Å². The molecule has 2 aliphatic rings. The molecule has 0 bridgehead atoms. The van der Waals surface area contributed by atoms with Gasteiger partial charge in [0.2, 0.25) is 46.5 Å². The Kier molecular flexibility index (Phi) is 18.6. The van der Waals surface area contributed by atoms with Gasteiger partial charge in [0, 0.05) is 24.6 Å². The maximum atomic E-state index is 13.7. The predicted octanol–water partition coefficient (Wildman–Crippen LogP) is -7.36. The van der Waals surface area contributed by atoms with Gasteiger partial charge in [0.05, 0.1) is 38.3 Å². The second-order valence-corrected chi connectivity index (χ2v) is 13.5. The lowest BCUT2D eigenvalue weighted by Gasteiger charge is -2.32. The number of carbonyl (C=O) groups excluding carboxylic acids is 8. The number of carboxylic acids is 1. The van der Waals surface area contributed by atoms with Crippen molar-refractivity contribution >= 4 is 82.8 Å². The number of aliphatic imine (C=N–C) groups is 1. The largest absolute Gasteiger partial charge is 0.481 e. The normalized spacial score (nSPS) is 27.1. The van der Waals surface area contributed by atoms with E-state index in [4.69, 9.17) is 22.9 Å². The number of aliphatic hydroxyl groups excluding tert-OH is 2. The Labute approximate surface area is 318 Å². The van der Waals surface area contributed by atoms with Crippen LogP contribution in [0.25, 0.3) is 0 Å². The number of thiol groups is 1. The maximum Gasteiger partial charge on any atom is 0.305 e. The highest BCUT2D eigenvalue weighted by molar-refractivity contribution is 8.13. The van der Waals surface area contributed by atoms with E-state index in [-0.39, 0.29) is 44.7 Å². The highest BCUT2D eigenvalue weighted by Gasteiger charge is 2.41. The molecule has 2 rings (SSSR count). The Morgan fingerprint density at radius 1 is 0.870 bits per heavy atom. The Balaban J connectivity index is 2.61. The van der Waals surface area contributed by atoms with Crippen molar-refractivity contribution in [2.45, 2.75) is 74.4 Å². The number of nitrogens with two attached hydrogens (primary N) is 4. The van der Waals surface area contributed by atoms with Gasteiger partial charge < -0.3 is 64.4 Å². The molecule has 2 fully saturated rings. The molecule has 2 saturated heterocycles. The molecular weight excluding hydrogens is 759 g/mol. The summed E-state index contributed by atoms with van der Waals surface area (Å²) < 4.78 is 0. The van der Waals surface area contributed by atoms with Gasteiger partial charge in [-0.15, -0.1) is 0 Å². The second-order valence-electron chi connectivity index (χ2n) is 12.1. The van der Waals surface area contributed by atoms with E-state index in [0.717, 1.165) is 4.90 Å². The number of amides is 7. The minimum absolute atomic E-state index is 0.0319. The summed E-state index contributed by atoms with van der Waals surface area (Å²) in [5.41, 5.74) is 22.3. The fraction of sp³-hybridized carbons (Fsp3) is 0.655. The molecular formula is C29H47N11O12S2. The summed E-state index contributed by atoms with van der Waals surface area (Å²) in [5, 5.41) is 37.6. The van der Waals surface area contributed by atoms with Crippen LogP contribution in [0.15, 0.2) is 4.99 Å². The van der Waals surface area contributed by atoms with Gasteiger partial charge in [0.25, 0.3) is 0 Å². The van der Waals surface area contributed by atoms with Crippen LogP contribution in [0, 0.1) is 0 Å². The van der Waals surface area contributed by atoms with Crippen molar-refractivity contribution in [2.24, 2.45) is 27.9 Å². The third-order valence-corrected chi connectivity index (χ3v) is 9.64. The Hall–Kier alpha value is -4.56. The molecule has 0 radical (unpaired) electrons. The average molecular weight is 806 g/mol. The quantitative estimate of drug-likeness (QED) is 0.0422. The molecule has 0 saturated carbocycles. The van der Waals surface area contributed by atoms with E-state index >= 15 is 0 Å². The minimum atomic E-state index is -1.86. The third kappa shape index (κ3) is 12.8. The van der Waals surface area contributed by atoms with Gasteiger partial charge in [-0.2, -0.15) is 12.6 Å². The number of carboxylic acid groups (broad SMARTS) is 1. The molecule has 54 heavy (non-hydrogen) atoms. The number of aliphatic carboxylic acids is 1. The molecule has 0 spiro atoms. The van der Waals surface area contributed by atoms with E-state index in [2.05, 4.69) is 38.9 Å². The Bertz CT molecular complexity index is 1470. The van der Waals surface area contributed by atoms with Gasteiger partial charge in [0.1, 0.15) is 30.2 Å². The molecule has 302 valence electrons. The SMILES string of the molecule is NCC(=O)N1C(=O)[C@@H](N)CSC(=O)[C@H](CCCN=C(N)N)NC(=O)[C@@H]2CCCN2C(=O)[C@H](CC(=O)O)NC(=O)[C@H](CO)NC(=O)C(CO)NC(=O)[C@@H]1CS. The average Bonchev–Trinajstić information content (AvgIpc) is 3.63. The Morgan fingerprint density at radius 2 is 1.44 bits per heavy atom. The van der Waals surface area contributed by atoms with Crippen molar-refractivity contribution < 1.29 is 58.5 Å². The monoisotopic (exact) mass is 805 g/mol. The molecule has 15 N–H and O–H groups in total. The van der Waals surface area contributed by atoms with Crippen LogP contribution in [-0.4, -0.2) is 170 Å². The molecule has 7 atom stereocenters. The summed E-state index contributed by atoms with van der Waals surface area (Å²) in [7, 11) is 0. The first-order chi connectivity index (χ1) is 25.5. The summed E-state index contributed by atoms with van der Waals surface area (Å²) in [4.78, 5) is 124. The number of aliphatic hydroxyl groups is 2. The predicted molar refractivity (Wildman–Crippen MR) is 193 cm³/mol. The van der Waals surface area contributed by atoms with Crippen molar-refractivity contribution in [3.63, 3.8) is 0 Å². The van der Waals surface area contributed by atoms with E-state index in [9.17, 15) is 58.5 Å². The number of guanidine groups is 1. The zero-order valence-electron chi connectivity index (χ0n) is 29.0. The second kappa shape index (κ2) is 22.0. The van der Waals surface area contributed by atoms with Crippen LogP contribution in [0.5, 0.6) is 0 Å². The number of hydrogen-bond donors (Lipinski definition) is 12. The summed E-state index contributed by atoms with van der Waals surface area (Å²) >= 11 is 4.57. The van der Waals surface area contributed by atoms with Crippen molar-refractivity contribution in [3.05, 3.63) is 0 Å². The van der Waals surface area contributed by atoms with Crippen molar-refractivity contribution in [1.82, 2.24) is 31.1 Å². The highest BCUT2D eigenvalue weighted by atomic mass is 32.2. The fourth-order valence-electron chi connectivity index (χ4n) is 5.45. The highest BCUT2D eigenvalue weighted by Crippen LogP contribution is 2.21. The summed E-state index contributed by atoms with van der Waals surface area (Å²) in [6.07, 6.45) is -0.457. The van der Waals surface area contributed by atoms with Crippen LogP contribution in [0.3, 0.4) is 0 Å². The number of fused-ring (bicyclic) bond motifs is 1. The lowest BCUT2D eigenvalue weighted by Crippen LogP contribution is -2.63. The number of imide groups is 1. The lowest BCUT2D eigenvalue weighted by atomic mass is 10.1. The first kappa shape index (κ1) is 45.6. The fourth-order valence-corrected chi connectivity index (χ4v) is 6.65. The first-order valence-corrected chi connectivity index (χ1v) is 18.2. The molecule has 1 unspecified atom stereocenters. The van der Waals surface area contributed by atoms with Crippen LogP contribution in [0.2, 0.25) is 0 Å². The summed E-state index contributed by atoms with van der Waals surface area (Å²) in [6.45, 7) is -2.97. The number of nitrogens with one attached hydrogen (secondary N) is 4. The molecule has 7 amide bonds. The smallest absolute Gasteiger partial charge is 0.305 e. The zero-order chi connectivity index (χ0) is 40.7. The van der Waals surface area contributed by atoms with Gasteiger partial charge in [-0.3, -0.25) is 53.0 Å². The third-order valence-electron chi connectivity index (χ3n) is 8.20. The van der Waals surface area contributed by atoms with Crippen molar-refractivity contribution in [3.8, 4) is 0 Å². The molecule has 0 aromatic heterocycles. The first-order valence-electron chi connectivity index (χ1n) is 16.6. The number of nitrogens with zero attached hydrogens (tertiary/aromatic N) is 3. The summed E-state index contributed by atoms with van der Waals surface area (Å²) in [5.74, 6) is -10.5. The molecule has 2 aliphatic heterocycles. The van der Waals surface area contributed by atoms with Crippen molar-refractivity contribution in [1.29, 1.82) is 0 Å². The topological polar surface area (TPSA) is 385 Å². The molecule has 23 nitrogen and oxygen atoms in total. The van der Waals surface area contributed by atoms with E-state index in [0.29, 0.717) is 16.7 Å². The van der Waals surface area contributed by atoms with Gasteiger partial charge >= 0.3 is 5.97 Å². The number of rotatable bonds is 10. The molecule has 25 heteroatoms. The van der Waals surface area contributed by atoms with Crippen LogP contribution in [0.4, 0.5) is 0 Å². The van der Waals surface area contributed by atoms with Gasteiger partial charge in [-0.25, -0.2) is 0 Å². The molecule has 0 aromatic carbocycles. The molecule has 0 aromatic rings. The maximum absolute atomic E-state index is 13.7. The number of thioether (sulfide) groups is 1. The molecule has 2 heterocycles. The zero-order valence-corrected chi connectivity index (χ0v) is 30.8. The van der Waals surface area contributed by atoms with Crippen LogP contribution < -0.4 is 44.2 Å². The van der Waals surface area contributed by atoms with E-state index in [1.807, 2.05) is 0 Å². The lowest BCUT2D eigenvalue weighted by molar-refractivity contribution is -0.151. The minimum Gasteiger partial charge on any atom is -0.481 e. The number of hydrogen-bond acceptors (Lipinski definition) is 16. The van der Waals surface area contributed by atoms with Crippen LogP contribution in [0.1, 0.15) is 32.1 Å². The summed E-state index contributed by atoms with van der Waals surface area (Å²) in [6, 6.07) is -11.4. The standard InChI is InChI=1S/C29H47N11O12S2/c30-8-20(43)40-19(11-53)25(49)38-17(10-42)23(47)37-16(9-41)22(46)36-15(7-21(44)45)27(51)39-6-2-4-18(39)24(48)35-14(3-1-5-34-29(32)33)28(52)54-12-13(31)26(40)50/h13-19,41-42,53H,1-12,30-31H2,(H,35,48)(H,36,46)(H,37,47)(H,38,49)(H,44,45)(H4,32,33,34)/t13-,14-,15-,16-,17?,18-,19-/m0/s1. The van der Waals surface area contributed by atoms with Crippen molar-refractivity contribution in [2.75, 3.05) is 44.4 Å². The van der Waals surface area contributed by atoms with Gasteiger partial charge in [-0.1, -0.05) is 11.8 Å². The van der Waals surface area contributed by atoms with E-state index < -0.39 is 132 Å². The number of carbonyl (C=O) groups is 9. The van der Waals surface area contributed by atoms with Gasteiger partial charge in [-0.05, 0) is 25.7 Å². The Morgan fingerprint density at radius 3 is 1.98 bits per heavy atom. The van der Waals surface area contributed by atoms with Crippen LogP contribution in [-0.2, 0) is 43.2 Å². The van der Waals surface area contributed by atoms with Gasteiger partial charge in [0.15, 0.2) is 5.96 Å². The van der Waals surface area contributed by atoms with E-state index in [1.165, 1.54) is 0 Å². The molecule has 0 aliphatic carbocycles. The van der Waals surface area contributed by atoms with Crippen LogP contribution >= 0.6 is 24.4 Å².